The van der Waals surface area contributed by atoms with Crippen molar-refractivity contribution in [3.05, 3.63) is 59.0 Å². The number of aryl methyl sites for hydroxylation is 3. The van der Waals surface area contributed by atoms with Crippen LogP contribution < -0.4 is 10.6 Å². The molecule has 30 heavy (non-hydrogen) atoms. The number of amides is 2. The van der Waals surface area contributed by atoms with E-state index in [0.717, 1.165) is 17.0 Å². The first-order valence-corrected chi connectivity index (χ1v) is 10.1. The summed E-state index contributed by atoms with van der Waals surface area (Å²) in [5.41, 5.74) is 4.64. The number of nitrogens with zero attached hydrogens (tertiary/aromatic N) is 4. The van der Waals surface area contributed by atoms with E-state index in [-0.39, 0.29) is 11.8 Å². The fraction of sp³-hybridized carbons (Fsp3) is 0.190. The summed E-state index contributed by atoms with van der Waals surface area (Å²) in [6.45, 7) is 7.01. The molecule has 0 atom stereocenters. The fourth-order valence-corrected chi connectivity index (χ4v) is 4.19. The van der Waals surface area contributed by atoms with Crippen LogP contribution in [0.25, 0.3) is 16.9 Å². The van der Waals surface area contributed by atoms with Gasteiger partial charge in [0.05, 0.1) is 5.69 Å². The van der Waals surface area contributed by atoms with E-state index in [2.05, 4.69) is 25.7 Å². The Hall–Kier alpha value is -3.59. The summed E-state index contributed by atoms with van der Waals surface area (Å²) in [5, 5.41) is 11.0. The van der Waals surface area contributed by atoms with Crippen molar-refractivity contribution in [2.45, 2.75) is 27.7 Å². The first kappa shape index (κ1) is 19.7. The van der Waals surface area contributed by atoms with Crippen LogP contribution in [0.5, 0.6) is 0 Å². The summed E-state index contributed by atoms with van der Waals surface area (Å²) >= 11 is 1.20. The quantitative estimate of drug-likeness (QED) is 0.520. The molecule has 8 nitrogen and oxygen atoms in total. The van der Waals surface area contributed by atoms with Gasteiger partial charge in [-0.25, -0.2) is 14.5 Å². The van der Waals surface area contributed by atoms with Gasteiger partial charge in [0, 0.05) is 23.9 Å². The van der Waals surface area contributed by atoms with Crippen LogP contribution in [0.4, 0.5) is 10.1 Å². The Morgan fingerprint density at radius 3 is 2.47 bits per heavy atom. The van der Waals surface area contributed by atoms with Gasteiger partial charge >= 0.3 is 0 Å². The molecule has 0 saturated heterocycles. The molecule has 2 amide bonds. The third-order valence-electron chi connectivity index (χ3n) is 4.48. The molecule has 3 aromatic heterocycles. The van der Waals surface area contributed by atoms with Crippen molar-refractivity contribution in [3.63, 3.8) is 0 Å². The molecule has 0 spiro atoms. The van der Waals surface area contributed by atoms with Gasteiger partial charge in [-0.1, -0.05) is 41.7 Å². The molecule has 152 valence electrons. The third-order valence-corrected chi connectivity index (χ3v) is 5.37. The van der Waals surface area contributed by atoms with Crippen LogP contribution in [0, 0.1) is 20.8 Å². The average Bonchev–Trinajstić information content (AvgIpc) is 3.22. The topological polar surface area (TPSA) is 101 Å². The number of thiazole rings is 1. The van der Waals surface area contributed by atoms with Crippen LogP contribution in [-0.4, -0.2) is 31.4 Å². The number of hydrogen-bond donors (Lipinski definition) is 2. The highest BCUT2D eigenvalue weighted by Gasteiger charge is 2.22. The summed E-state index contributed by atoms with van der Waals surface area (Å²) in [5.74, 6) is -0.551. The lowest BCUT2D eigenvalue weighted by Crippen LogP contribution is -2.13. The second-order valence-corrected chi connectivity index (χ2v) is 7.93. The molecule has 0 radical (unpaired) electrons. The highest BCUT2D eigenvalue weighted by molar-refractivity contribution is 7.20. The Labute approximate surface area is 177 Å². The molecule has 4 rings (SSSR count). The largest absolute Gasteiger partial charge is 0.316 e. The maximum absolute atomic E-state index is 13.1. The van der Waals surface area contributed by atoms with Crippen molar-refractivity contribution in [2.24, 2.45) is 0 Å². The summed E-state index contributed by atoms with van der Waals surface area (Å²) in [4.78, 5) is 33.8. The summed E-state index contributed by atoms with van der Waals surface area (Å²) < 4.78 is 1.66. The number of benzene rings is 1. The smallest absolute Gasteiger partial charge is 0.263 e. The van der Waals surface area contributed by atoms with Crippen molar-refractivity contribution in [2.75, 3.05) is 10.6 Å². The molecule has 4 aromatic rings. The lowest BCUT2D eigenvalue weighted by atomic mass is 10.2. The van der Waals surface area contributed by atoms with Crippen LogP contribution in [0.15, 0.2) is 36.4 Å². The Morgan fingerprint density at radius 1 is 1.03 bits per heavy atom. The molecule has 0 unspecified atom stereocenters. The second kappa shape index (κ2) is 7.68. The molecule has 0 aliphatic carbocycles. The molecule has 0 aliphatic heterocycles. The van der Waals surface area contributed by atoms with E-state index in [4.69, 9.17) is 0 Å². The maximum Gasteiger partial charge on any atom is 0.263 e. The van der Waals surface area contributed by atoms with Crippen molar-refractivity contribution >= 4 is 38.9 Å². The number of rotatable bonds is 4. The minimum atomic E-state index is -0.345. The van der Waals surface area contributed by atoms with Gasteiger partial charge in [-0.2, -0.15) is 5.10 Å². The zero-order chi connectivity index (χ0) is 21.4. The van der Waals surface area contributed by atoms with Crippen molar-refractivity contribution < 1.29 is 9.59 Å². The lowest BCUT2D eigenvalue weighted by Gasteiger charge is -2.03. The van der Waals surface area contributed by atoms with Crippen LogP contribution in [0.3, 0.4) is 0 Å². The van der Waals surface area contributed by atoms with E-state index in [9.17, 15) is 9.59 Å². The molecule has 0 bridgehead atoms. The van der Waals surface area contributed by atoms with Crippen molar-refractivity contribution in [1.82, 2.24) is 19.6 Å². The van der Waals surface area contributed by atoms with E-state index >= 15 is 0 Å². The minimum Gasteiger partial charge on any atom is -0.316 e. The molecule has 0 aliphatic rings. The zero-order valence-corrected chi connectivity index (χ0v) is 17.8. The zero-order valence-electron chi connectivity index (χ0n) is 17.0. The molecular formula is C21H20N6O2S. The van der Waals surface area contributed by atoms with E-state index < -0.39 is 0 Å². The van der Waals surface area contributed by atoms with Crippen LogP contribution in [0.1, 0.15) is 34.4 Å². The van der Waals surface area contributed by atoms with Crippen LogP contribution in [-0.2, 0) is 4.79 Å². The number of carbonyl (C=O) groups is 2. The SMILES string of the molecule is CC(=O)Nc1sc(NC(=O)c2c(C)nn3c(C)cc(C)nc23)nc1-c1ccccc1. The Morgan fingerprint density at radius 2 is 1.77 bits per heavy atom. The normalized spacial score (nSPS) is 10.9. The minimum absolute atomic E-state index is 0.206. The fourth-order valence-electron chi connectivity index (χ4n) is 3.26. The number of fused-ring (bicyclic) bond motifs is 1. The molecule has 0 saturated carbocycles. The molecule has 2 N–H and O–H groups in total. The summed E-state index contributed by atoms with van der Waals surface area (Å²) in [6, 6.07) is 11.4. The van der Waals surface area contributed by atoms with Crippen LogP contribution >= 0.6 is 11.3 Å². The van der Waals surface area contributed by atoms with Crippen molar-refractivity contribution in [3.8, 4) is 11.3 Å². The Balaban J connectivity index is 1.72. The van der Waals surface area contributed by atoms with Gasteiger partial charge in [0.25, 0.3) is 5.91 Å². The van der Waals surface area contributed by atoms with Gasteiger partial charge in [-0.15, -0.1) is 0 Å². The van der Waals surface area contributed by atoms with Gasteiger partial charge < -0.3 is 5.32 Å². The third kappa shape index (κ3) is 3.67. The lowest BCUT2D eigenvalue weighted by molar-refractivity contribution is -0.114. The molecule has 1 aromatic carbocycles. The average molecular weight is 420 g/mol. The number of carbonyl (C=O) groups excluding carboxylic acids is 2. The maximum atomic E-state index is 13.1. The van der Waals surface area contributed by atoms with Gasteiger partial charge in [-0.3, -0.25) is 14.9 Å². The Bertz CT molecular complexity index is 1280. The number of anilines is 2. The summed E-state index contributed by atoms with van der Waals surface area (Å²) in [7, 11) is 0. The monoisotopic (exact) mass is 420 g/mol. The van der Waals surface area contributed by atoms with E-state index in [0.29, 0.717) is 32.7 Å². The van der Waals surface area contributed by atoms with E-state index in [1.807, 2.05) is 50.2 Å². The van der Waals surface area contributed by atoms with Gasteiger partial charge in [-0.05, 0) is 26.8 Å². The van der Waals surface area contributed by atoms with Gasteiger partial charge in [0.15, 0.2) is 10.8 Å². The second-order valence-electron chi connectivity index (χ2n) is 6.93. The highest BCUT2D eigenvalue weighted by Crippen LogP contribution is 2.36. The summed E-state index contributed by atoms with van der Waals surface area (Å²) in [6.07, 6.45) is 0. The number of aromatic nitrogens is 4. The molecular weight excluding hydrogens is 400 g/mol. The number of hydrogen-bond acceptors (Lipinski definition) is 6. The van der Waals surface area contributed by atoms with Crippen molar-refractivity contribution in [1.29, 1.82) is 0 Å². The first-order chi connectivity index (χ1) is 14.3. The predicted molar refractivity (Wildman–Crippen MR) is 117 cm³/mol. The highest BCUT2D eigenvalue weighted by atomic mass is 32.1. The van der Waals surface area contributed by atoms with Gasteiger partial charge in [0.1, 0.15) is 16.3 Å². The van der Waals surface area contributed by atoms with E-state index in [1.165, 1.54) is 18.3 Å². The molecule has 9 heteroatoms. The first-order valence-electron chi connectivity index (χ1n) is 9.32. The van der Waals surface area contributed by atoms with Crippen LogP contribution in [0.2, 0.25) is 0 Å². The van der Waals surface area contributed by atoms with Gasteiger partial charge in [0.2, 0.25) is 5.91 Å². The molecule has 0 fully saturated rings. The molecule has 3 heterocycles. The Kier molecular flexibility index (Phi) is 5.04. The number of nitrogens with one attached hydrogen (secondary N) is 2. The van der Waals surface area contributed by atoms with E-state index in [1.54, 1.807) is 11.4 Å². The predicted octanol–water partition coefficient (Wildman–Crippen LogP) is 3.99. The standard InChI is InChI=1S/C21H20N6O2S/c1-11-10-12(2)27-18(22-11)16(13(3)26-27)19(29)25-21-24-17(15-8-6-5-7-9-15)20(30-21)23-14(4)28/h5-10H,1-4H3,(H,23,28)(H,24,25,29).